The van der Waals surface area contributed by atoms with Crippen molar-refractivity contribution in [2.75, 3.05) is 24.5 Å². The summed E-state index contributed by atoms with van der Waals surface area (Å²) in [6.45, 7) is 2.58. The number of benzene rings is 2. The maximum absolute atomic E-state index is 13.8. The van der Waals surface area contributed by atoms with Crippen LogP contribution in [0, 0.1) is 5.41 Å². The molecule has 0 unspecified atom stereocenters. The number of nitrogens with one attached hydrogen (secondary N) is 2. The zero-order valence-electron chi connectivity index (χ0n) is 18.7. The van der Waals surface area contributed by atoms with E-state index in [-0.39, 0.29) is 35.7 Å². The van der Waals surface area contributed by atoms with Gasteiger partial charge in [0.2, 0.25) is 5.91 Å². The Hall–Kier alpha value is -3.53. The number of halogens is 3. The topological polar surface area (TPSA) is 112 Å². The van der Waals surface area contributed by atoms with Crippen LogP contribution >= 0.6 is 0 Å². The zero-order chi connectivity index (χ0) is 24.9. The average Bonchev–Trinajstić information content (AvgIpc) is 2.78. The van der Waals surface area contributed by atoms with E-state index in [0.29, 0.717) is 37.1 Å². The van der Waals surface area contributed by atoms with Gasteiger partial charge in [0.05, 0.1) is 5.56 Å². The fraction of sp³-hybridized carbons (Fsp3) is 0.333. The molecule has 0 spiro atoms. The molecule has 10 heteroatoms. The lowest BCUT2D eigenvalue weighted by atomic mass is 10.1. The first-order chi connectivity index (χ1) is 16.1. The van der Waals surface area contributed by atoms with Crippen LogP contribution < -0.4 is 20.7 Å². The smallest absolute Gasteiger partial charge is 0.420 e. The Morgan fingerprint density at radius 1 is 1.26 bits per heavy atom. The number of hydrogen-bond acceptors (Lipinski definition) is 5. The maximum Gasteiger partial charge on any atom is 0.420 e. The molecule has 0 bridgehead atoms. The molecule has 1 amide bonds. The van der Waals surface area contributed by atoms with Crippen LogP contribution in [0.2, 0.25) is 0 Å². The maximum atomic E-state index is 13.8. The van der Waals surface area contributed by atoms with Crippen LogP contribution in [0.4, 0.5) is 18.9 Å². The highest BCUT2D eigenvalue weighted by Crippen LogP contribution is 2.39. The Morgan fingerprint density at radius 2 is 1.97 bits per heavy atom. The number of amides is 1. The number of phenols is 1. The van der Waals surface area contributed by atoms with Crippen molar-refractivity contribution in [3.8, 4) is 11.5 Å². The lowest BCUT2D eigenvalue weighted by Crippen LogP contribution is -2.34. The van der Waals surface area contributed by atoms with Crippen molar-refractivity contribution < 1.29 is 27.8 Å². The molecule has 0 saturated carbocycles. The van der Waals surface area contributed by atoms with Gasteiger partial charge in [0, 0.05) is 30.3 Å². The summed E-state index contributed by atoms with van der Waals surface area (Å²) in [5.41, 5.74) is 5.36. The van der Waals surface area contributed by atoms with Gasteiger partial charge in [-0.15, -0.1) is 0 Å². The van der Waals surface area contributed by atoms with E-state index >= 15 is 0 Å². The van der Waals surface area contributed by atoms with Gasteiger partial charge in [0.25, 0.3) is 0 Å². The standard InChI is InChI=1S/C24H27F3N4O3/c1-15(32)31(12-2-3-16-13-17(23(28)29)4-6-21(16)33)18-5-7-22(20(14-18)24(25,26)27)34-19-8-10-30-11-9-19/h2-7,13-14,19,30,33H,8-12H2,1H3,(H3,28,29). The predicted molar refractivity (Wildman–Crippen MR) is 124 cm³/mol. The molecule has 1 fully saturated rings. The third-order valence-corrected chi connectivity index (χ3v) is 5.46. The molecule has 7 nitrogen and oxygen atoms in total. The number of phenolic OH excluding ortho intramolecular Hbond substituents is 1. The first-order valence-electron chi connectivity index (χ1n) is 10.8. The second kappa shape index (κ2) is 10.6. The molecule has 5 N–H and O–H groups in total. The van der Waals surface area contributed by atoms with Crippen LogP contribution in [0.5, 0.6) is 11.5 Å². The number of carbonyl (C=O) groups excluding carboxylic acids is 1. The van der Waals surface area contributed by atoms with Gasteiger partial charge in [-0.2, -0.15) is 13.2 Å². The number of piperidine rings is 1. The van der Waals surface area contributed by atoms with Gasteiger partial charge >= 0.3 is 6.18 Å². The van der Waals surface area contributed by atoms with Crippen molar-refractivity contribution in [3.63, 3.8) is 0 Å². The molecular formula is C24H27F3N4O3. The van der Waals surface area contributed by atoms with Crippen LogP contribution in [-0.2, 0) is 11.0 Å². The monoisotopic (exact) mass is 476 g/mol. The Labute approximate surface area is 195 Å². The number of aromatic hydroxyl groups is 1. The summed E-state index contributed by atoms with van der Waals surface area (Å²) in [4.78, 5) is 13.4. The molecule has 0 aliphatic carbocycles. The number of carbonyl (C=O) groups is 1. The van der Waals surface area contributed by atoms with Gasteiger partial charge in [0.15, 0.2) is 0 Å². The molecule has 1 saturated heterocycles. The third kappa shape index (κ3) is 6.28. The molecule has 34 heavy (non-hydrogen) atoms. The van der Waals surface area contributed by atoms with Crippen LogP contribution in [0.25, 0.3) is 6.08 Å². The van der Waals surface area contributed by atoms with Gasteiger partial charge in [-0.05, 0) is 62.3 Å². The minimum Gasteiger partial charge on any atom is -0.507 e. The summed E-state index contributed by atoms with van der Waals surface area (Å²) in [6.07, 6.45) is -0.694. The molecule has 0 atom stereocenters. The van der Waals surface area contributed by atoms with Crippen molar-refractivity contribution in [3.05, 3.63) is 59.2 Å². The van der Waals surface area contributed by atoms with E-state index in [0.717, 1.165) is 6.07 Å². The van der Waals surface area contributed by atoms with Crippen LogP contribution in [-0.4, -0.2) is 42.6 Å². The van der Waals surface area contributed by atoms with E-state index in [1.807, 2.05) is 0 Å². The summed E-state index contributed by atoms with van der Waals surface area (Å²) in [5.74, 6) is -0.944. The second-order valence-electron chi connectivity index (χ2n) is 7.96. The Morgan fingerprint density at radius 3 is 2.59 bits per heavy atom. The number of amidine groups is 1. The van der Waals surface area contributed by atoms with E-state index in [9.17, 15) is 23.1 Å². The highest BCUT2D eigenvalue weighted by molar-refractivity contribution is 5.96. The minimum absolute atomic E-state index is 0.0368. The summed E-state index contributed by atoms with van der Waals surface area (Å²) < 4.78 is 47.1. The molecule has 2 aromatic carbocycles. The summed E-state index contributed by atoms with van der Waals surface area (Å²) in [6, 6.07) is 7.97. The van der Waals surface area contributed by atoms with E-state index in [1.165, 1.54) is 54.3 Å². The normalized spacial score (nSPS) is 14.8. The zero-order valence-corrected chi connectivity index (χ0v) is 18.7. The number of nitrogens with zero attached hydrogens (tertiary/aromatic N) is 1. The molecule has 1 aliphatic rings. The summed E-state index contributed by atoms with van der Waals surface area (Å²) in [7, 11) is 0. The largest absolute Gasteiger partial charge is 0.507 e. The number of nitrogens with two attached hydrogens (primary N) is 1. The van der Waals surface area contributed by atoms with Gasteiger partial charge in [-0.25, -0.2) is 0 Å². The molecule has 1 aliphatic heterocycles. The highest BCUT2D eigenvalue weighted by Gasteiger charge is 2.36. The van der Waals surface area contributed by atoms with E-state index in [2.05, 4.69) is 5.32 Å². The second-order valence-corrected chi connectivity index (χ2v) is 7.96. The average molecular weight is 476 g/mol. The van der Waals surface area contributed by atoms with Crippen molar-refractivity contribution in [2.24, 2.45) is 5.73 Å². The molecule has 182 valence electrons. The molecule has 1 heterocycles. The van der Waals surface area contributed by atoms with Gasteiger partial charge in [0.1, 0.15) is 23.4 Å². The highest BCUT2D eigenvalue weighted by atomic mass is 19.4. The van der Waals surface area contributed by atoms with Crippen molar-refractivity contribution >= 4 is 23.5 Å². The Balaban J connectivity index is 1.85. The lowest BCUT2D eigenvalue weighted by Gasteiger charge is -2.27. The number of nitrogen functional groups attached to an aromatic ring is 1. The number of alkyl halides is 3. The van der Waals surface area contributed by atoms with E-state index in [1.54, 1.807) is 0 Å². The van der Waals surface area contributed by atoms with Crippen molar-refractivity contribution in [1.82, 2.24) is 5.32 Å². The molecule has 0 radical (unpaired) electrons. The first kappa shape index (κ1) is 25.1. The van der Waals surface area contributed by atoms with Gasteiger partial charge < -0.3 is 25.8 Å². The number of ether oxygens (including phenoxy) is 1. The lowest BCUT2D eigenvalue weighted by molar-refractivity contribution is -0.139. The molecular weight excluding hydrogens is 449 g/mol. The SMILES string of the molecule is CC(=O)N(CC=Cc1cc(C(=N)N)ccc1O)c1ccc(OC2CCNCC2)c(C(F)(F)F)c1. The van der Waals surface area contributed by atoms with Crippen LogP contribution in [0.1, 0.15) is 36.5 Å². The third-order valence-electron chi connectivity index (χ3n) is 5.46. The Kier molecular flexibility index (Phi) is 7.83. The fourth-order valence-electron chi connectivity index (χ4n) is 3.66. The van der Waals surface area contributed by atoms with E-state index in [4.69, 9.17) is 15.9 Å². The molecule has 2 aromatic rings. The number of anilines is 1. The number of rotatable bonds is 7. The van der Waals surface area contributed by atoms with Crippen molar-refractivity contribution in [2.45, 2.75) is 32.0 Å². The van der Waals surface area contributed by atoms with Crippen molar-refractivity contribution in [1.29, 1.82) is 5.41 Å². The van der Waals surface area contributed by atoms with Gasteiger partial charge in [-0.3, -0.25) is 10.2 Å². The molecule has 3 rings (SSSR count). The summed E-state index contributed by atoms with van der Waals surface area (Å²) >= 11 is 0. The molecule has 0 aromatic heterocycles. The quantitative estimate of drug-likeness (QED) is 0.358. The predicted octanol–water partition coefficient (Wildman–Crippen LogP) is 3.89. The fourth-order valence-corrected chi connectivity index (χ4v) is 3.66. The Bertz CT molecular complexity index is 1080. The van der Waals surface area contributed by atoms with E-state index < -0.39 is 17.6 Å². The van der Waals surface area contributed by atoms with Gasteiger partial charge in [-0.1, -0.05) is 12.2 Å². The van der Waals surface area contributed by atoms with Crippen LogP contribution in [0.15, 0.2) is 42.5 Å². The first-order valence-corrected chi connectivity index (χ1v) is 10.8. The minimum atomic E-state index is -4.66. The van der Waals surface area contributed by atoms with Crippen LogP contribution in [0.3, 0.4) is 0 Å². The summed E-state index contributed by atoms with van der Waals surface area (Å²) in [5, 5.41) is 20.7. The number of hydrogen-bond donors (Lipinski definition) is 4.